The van der Waals surface area contributed by atoms with Gasteiger partial charge in [0.1, 0.15) is 5.82 Å². The van der Waals surface area contributed by atoms with E-state index in [0.29, 0.717) is 0 Å². The summed E-state index contributed by atoms with van der Waals surface area (Å²) in [6, 6.07) is 6.67. The molecule has 0 spiro atoms. The number of nitrogens with zero attached hydrogens (tertiary/aromatic N) is 2. The maximum absolute atomic E-state index is 6.00. The molecule has 0 radical (unpaired) electrons. The number of benzene rings is 1. The Morgan fingerprint density at radius 2 is 2.16 bits per heavy atom. The fourth-order valence-electron chi connectivity index (χ4n) is 2.14. The topological polar surface area (TPSA) is 43.8 Å². The number of halogens is 1. The second-order valence-electron chi connectivity index (χ2n) is 4.73. The highest BCUT2D eigenvalue weighted by Gasteiger charge is 2.09. The summed E-state index contributed by atoms with van der Waals surface area (Å²) in [5.41, 5.74) is 8.40. The summed E-state index contributed by atoms with van der Waals surface area (Å²) < 4.78 is 3.20. The molecule has 2 aromatic rings. The first-order valence-corrected chi connectivity index (χ1v) is 7.51. The standard InChI is InChI=1S/C15H20BrN3/c1-3-12(17)9-11-5-6-14(13(16)10-11)19-8-7-18-15(19)4-2/h5-8,10,12H,3-4,9,17H2,1-2H3. The lowest BCUT2D eigenvalue weighted by Gasteiger charge is -2.13. The Bertz CT molecular complexity index is 548. The van der Waals surface area contributed by atoms with Gasteiger partial charge in [0.05, 0.1) is 5.69 Å². The summed E-state index contributed by atoms with van der Waals surface area (Å²) in [4.78, 5) is 4.36. The summed E-state index contributed by atoms with van der Waals surface area (Å²) in [6.07, 6.45) is 6.67. The molecule has 0 saturated heterocycles. The van der Waals surface area contributed by atoms with Crippen LogP contribution in [0.25, 0.3) is 5.69 Å². The van der Waals surface area contributed by atoms with Crippen LogP contribution in [-0.4, -0.2) is 15.6 Å². The molecule has 1 heterocycles. The van der Waals surface area contributed by atoms with Crippen molar-refractivity contribution in [3.05, 3.63) is 46.5 Å². The lowest BCUT2D eigenvalue weighted by molar-refractivity contribution is 0.646. The third-order valence-corrected chi connectivity index (χ3v) is 3.96. The van der Waals surface area contributed by atoms with Crippen LogP contribution < -0.4 is 5.73 Å². The predicted molar refractivity (Wildman–Crippen MR) is 82.6 cm³/mol. The minimum absolute atomic E-state index is 0.234. The zero-order valence-corrected chi connectivity index (χ0v) is 13.0. The summed E-state index contributed by atoms with van der Waals surface area (Å²) in [6.45, 7) is 4.23. The zero-order valence-electron chi connectivity index (χ0n) is 11.4. The molecule has 3 nitrogen and oxygen atoms in total. The van der Waals surface area contributed by atoms with E-state index in [1.165, 1.54) is 5.56 Å². The van der Waals surface area contributed by atoms with Crippen LogP contribution in [-0.2, 0) is 12.8 Å². The van der Waals surface area contributed by atoms with E-state index in [2.05, 4.69) is 57.5 Å². The minimum atomic E-state index is 0.234. The van der Waals surface area contributed by atoms with Crippen LogP contribution in [0.3, 0.4) is 0 Å². The third-order valence-electron chi connectivity index (χ3n) is 3.33. The van der Waals surface area contributed by atoms with E-state index in [4.69, 9.17) is 5.73 Å². The van der Waals surface area contributed by atoms with Gasteiger partial charge in [0.15, 0.2) is 0 Å². The Kier molecular flexibility index (Phi) is 4.77. The van der Waals surface area contributed by atoms with E-state index in [-0.39, 0.29) is 6.04 Å². The van der Waals surface area contributed by atoms with Gasteiger partial charge >= 0.3 is 0 Å². The third kappa shape index (κ3) is 3.25. The highest BCUT2D eigenvalue weighted by atomic mass is 79.9. The van der Waals surface area contributed by atoms with Gasteiger partial charge in [-0.2, -0.15) is 0 Å². The van der Waals surface area contributed by atoms with Crippen LogP contribution in [0.5, 0.6) is 0 Å². The van der Waals surface area contributed by atoms with Gasteiger partial charge in [0.2, 0.25) is 0 Å². The number of hydrogen-bond acceptors (Lipinski definition) is 2. The van der Waals surface area contributed by atoms with Gasteiger partial charge in [-0.1, -0.05) is 19.9 Å². The molecule has 1 atom stereocenters. The van der Waals surface area contributed by atoms with Crippen LogP contribution in [0.2, 0.25) is 0 Å². The van der Waals surface area contributed by atoms with Gasteiger partial charge in [0, 0.05) is 29.3 Å². The van der Waals surface area contributed by atoms with Crippen molar-refractivity contribution in [3.63, 3.8) is 0 Å². The molecular formula is C15H20BrN3. The molecule has 2 rings (SSSR count). The van der Waals surface area contributed by atoms with Crippen molar-refractivity contribution in [1.82, 2.24) is 9.55 Å². The molecule has 0 amide bonds. The normalized spacial score (nSPS) is 12.6. The summed E-state index contributed by atoms with van der Waals surface area (Å²) in [7, 11) is 0. The summed E-state index contributed by atoms with van der Waals surface area (Å²) in [5.74, 6) is 1.07. The van der Waals surface area contributed by atoms with Gasteiger partial charge in [-0.15, -0.1) is 0 Å². The van der Waals surface area contributed by atoms with Crippen LogP contribution >= 0.6 is 15.9 Å². The second-order valence-corrected chi connectivity index (χ2v) is 5.58. The monoisotopic (exact) mass is 321 g/mol. The van der Waals surface area contributed by atoms with Crippen molar-refractivity contribution < 1.29 is 0 Å². The number of hydrogen-bond donors (Lipinski definition) is 1. The molecule has 0 fully saturated rings. The molecule has 1 aromatic heterocycles. The van der Waals surface area contributed by atoms with Crippen LogP contribution in [0.1, 0.15) is 31.7 Å². The lowest BCUT2D eigenvalue weighted by atomic mass is 10.0. The second kappa shape index (κ2) is 6.35. The van der Waals surface area contributed by atoms with E-state index in [0.717, 1.165) is 35.2 Å². The highest BCUT2D eigenvalue weighted by Crippen LogP contribution is 2.24. The average molecular weight is 322 g/mol. The van der Waals surface area contributed by atoms with Crippen LogP contribution in [0.15, 0.2) is 35.1 Å². The maximum atomic E-state index is 6.00. The first-order chi connectivity index (χ1) is 9.15. The van der Waals surface area contributed by atoms with E-state index in [1.54, 1.807) is 0 Å². The molecule has 0 saturated carbocycles. The first-order valence-electron chi connectivity index (χ1n) is 6.72. The van der Waals surface area contributed by atoms with Crippen LogP contribution in [0.4, 0.5) is 0 Å². The largest absolute Gasteiger partial charge is 0.327 e. The number of aryl methyl sites for hydroxylation is 1. The van der Waals surface area contributed by atoms with Gasteiger partial charge in [-0.05, 0) is 46.5 Å². The van der Waals surface area contributed by atoms with E-state index in [1.807, 2.05) is 12.4 Å². The Hall–Kier alpha value is -1.13. The Morgan fingerprint density at radius 3 is 2.79 bits per heavy atom. The molecule has 0 aliphatic carbocycles. The number of rotatable bonds is 5. The van der Waals surface area contributed by atoms with E-state index in [9.17, 15) is 0 Å². The Labute approximate surface area is 123 Å². The fourth-order valence-corrected chi connectivity index (χ4v) is 2.75. The molecule has 2 N–H and O–H groups in total. The van der Waals surface area contributed by atoms with Crippen molar-refractivity contribution in [2.45, 2.75) is 39.2 Å². The predicted octanol–water partition coefficient (Wildman–Crippen LogP) is 3.48. The fraction of sp³-hybridized carbons (Fsp3) is 0.400. The van der Waals surface area contributed by atoms with Crippen molar-refractivity contribution >= 4 is 15.9 Å². The van der Waals surface area contributed by atoms with Crippen molar-refractivity contribution in [1.29, 1.82) is 0 Å². The number of nitrogens with two attached hydrogens (primary N) is 1. The molecule has 19 heavy (non-hydrogen) atoms. The number of aromatic nitrogens is 2. The lowest BCUT2D eigenvalue weighted by Crippen LogP contribution is -2.21. The molecule has 1 aromatic carbocycles. The highest BCUT2D eigenvalue weighted by molar-refractivity contribution is 9.10. The molecule has 0 aliphatic heterocycles. The Morgan fingerprint density at radius 1 is 1.37 bits per heavy atom. The molecule has 1 unspecified atom stereocenters. The number of imidazole rings is 1. The van der Waals surface area contributed by atoms with Crippen molar-refractivity contribution in [2.24, 2.45) is 5.73 Å². The summed E-state index contributed by atoms with van der Waals surface area (Å²) in [5, 5.41) is 0. The first kappa shape index (κ1) is 14.3. The zero-order chi connectivity index (χ0) is 13.8. The summed E-state index contributed by atoms with van der Waals surface area (Å²) >= 11 is 3.65. The van der Waals surface area contributed by atoms with Crippen molar-refractivity contribution in [3.8, 4) is 5.69 Å². The Balaban J connectivity index is 2.29. The van der Waals surface area contributed by atoms with Gasteiger partial charge < -0.3 is 10.3 Å². The van der Waals surface area contributed by atoms with E-state index >= 15 is 0 Å². The van der Waals surface area contributed by atoms with Gasteiger partial charge in [-0.25, -0.2) is 4.98 Å². The van der Waals surface area contributed by atoms with E-state index < -0.39 is 0 Å². The average Bonchev–Trinajstić information content (AvgIpc) is 2.87. The SMILES string of the molecule is CCc1nccn1-c1ccc(CC(N)CC)cc1Br. The minimum Gasteiger partial charge on any atom is -0.327 e. The van der Waals surface area contributed by atoms with Crippen LogP contribution in [0, 0.1) is 0 Å². The molecular weight excluding hydrogens is 302 g/mol. The smallest absolute Gasteiger partial charge is 0.112 e. The molecule has 0 aliphatic rings. The molecule has 102 valence electrons. The molecule has 0 bridgehead atoms. The molecule has 4 heteroatoms. The van der Waals surface area contributed by atoms with Gasteiger partial charge in [-0.3, -0.25) is 0 Å². The quantitative estimate of drug-likeness (QED) is 0.916. The maximum Gasteiger partial charge on any atom is 0.112 e. The van der Waals surface area contributed by atoms with Crippen molar-refractivity contribution in [2.75, 3.05) is 0 Å². The van der Waals surface area contributed by atoms with Gasteiger partial charge in [0.25, 0.3) is 0 Å².